The van der Waals surface area contributed by atoms with Crippen LogP contribution in [0.3, 0.4) is 0 Å². The molecule has 0 radical (unpaired) electrons. The molecule has 1 aromatic carbocycles. The number of hydrogen-bond acceptors (Lipinski definition) is 3. The number of pyridine rings is 1. The van der Waals surface area contributed by atoms with Crippen molar-refractivity contribution in [3.8, 4) is 5.75 Å². The molecule has 1 N–H and O–H groups in total. The summed E-state index contributed by atoms with van der Waals surface area (Å²) in [5.41, 5.74) is 0.365. The molecule has 0 aliphatic carbocycles. The number of fused-ring (bicyclic) bond motifs is 1. The van der Waals surface area contributed by atoms with Crippen molar-refractivity contribution in [2.24, 2.45) is 0 Å². The van der Waals surface area contributed by atoms with Crippen molar-refractivity contribution in [3.63, 3.8) is 0 Å². The summed E-state index contributed by atoms with van der Waals surface area (Å²) >= 11 is 3.37. The van der Waals surface area contributed by atoms with E-state index >= 15 is 0 Å². The van der Waals surface area contributed by atoms with Crippen LogP contribution >= 0.6 is 15.9 Å². The molecule has 0 aliphatic rings. The van der Waals surface area contributed by atoms with Crippen LogP contribution in [0.5, 0.6) is 5.75 Å². The molecule has 0 unspecified atom stereocenters. The van der Waals surface area contributed by atoms with Gasteiger partial charge < -0.3 is 9.72 Å². The zero-order chi connectivity index (χ0) is 11.7. The number of aromatic nitrogens is 1. The lowest BCUT2D eigenvalue weighted by Crippen LogP contribution is -2.11. The number of benzene rings is 1. The molecular formula is C11H8BrNO3. The van der Waals surface area contributed by atoms with E-state index in [2.05, 4.69) is 20.9 Å². The van der Waals surface area contributed by atoms with Crippen LogP contribution in [-0.2, 0) is 0 Å². The van der Waals surface area contributed by atoms with Gasteiger partial charge in [-0.05, 0) is 34.1 Å². The van der Waals surface area contributed by atoms with Crippen molar-refractivity contribution in [2.45, 2.75) is 0 Å². The summed E-state index contributed by atoms with van der Waals surface area (Å²) in [5.74, 6) is 0.649. The highest BCUT2D eigenvalue weighted by Crippen LogP contribution is 2.31. The molecule has 16 heavy (non-hydrogen) atoms. The molecule has 0 fully saturated rings. The van der Waals surface area contributed by atoms with Gasteiger partial charge in [0.2, 0.25) is 0 Å². The van der Waals surface area contributed by atoms with Crippen LogP contribution in [0.1, 0.15) is 10.4 Å². The number of hydrogen-bond donors (Lipinski definition) is 1. The Bertz CT molecular complexity index is 618. The molecule has 0 saturated heterocycles. The van der Waals surface area contributed by atoms with Gasteiger partial charge in [0.1, 0.15) is 5.75 Å². The molecule has 0 amide bonds. The summed E-state index contributed by atoms with van der Waals surface area (Å²) in [6.07, 6.45) is 0.532. The predicted octanol–water partition coefficient (Wildman–Crippen LogP) is 2.11. The van der Waals surface area contributed by atoms with E-state index in [4.69, 9.17) is 4.74 Å². The van der Waals surface area contributed by atoms with Gasteiger partial charge in [-0.3, -0.25) is 9.59 Å². The monoisotopic (exact) mass is 281 g/mol. The molecule has 1 heterocycles. The maximum absolute atomic E-state index is 11.4. The van der Waals surface area contributed by atoms with E-state index in [0.29, 0.717) is 22.0 Å². The Labute approximate surface area is 99.4 Å². The lowest BCUT2D eigenvalue weighted by molar-refractivity contribution is 0.112. The summed E-state index contributed by atoms with van der Waals surface area (Å²) in [6, 6.07) is 5.01. The molecule has 0 atom stereocenters. The summed E-state index contributed by atoms with van der Waals surface area (Å²) in [7, 11) is 1.55. The van der Waals surface area contributed by atoms with E-state index in [9.17, 15) is 9.59 Å². The van der Waals surface area contributed by atoms with Crippen molar-refractivity contribution in [1.29, 1.82) is 0 Å². The lowest BCUT2D eigenvalue weighted by Gasteiger charge is -2.06. The van der Waals surface area contributed by atoms with Crippen molar-refractivity contribution in [1.82, 2.24) is 4.98 Å². The third-order valence-electron chi connectivity index (χ3n) is 2.30. The molecule has 0 spiro atoms. The second kappa shape index (κ2) is 4.09. The minimum absolute atomic E-state index is 0.0986. The number of aldehydes is 1. The van der Waals surface area contributed by atoms with Gasteiger partial charge in [-0.15, -0.1) is 0 Å². The van der Waals surface area contributed by atoms with Crippen LogP contribution in [0.15, 0.2) is 27.5 Å². The predicted molar refractivity (Wildman–Crippen MR) is 64.2 cm³/mol. The summed E-state index contributed by atoms with van der Waals surface area (Å²) < 4.78 is 5.84. The molecule has 0 aliphatic heterocycles. The Kier molecular flexibility index (Phi) is 2.78. The van der Waals surface area contributed by atoms with Gasteiger partial charge in [-0.25, -0.2) is 0 Å². The number of carbonyl (C=O) groups is 1. The third kappa shape index (κ3) is 1.63. The second-order valence-corrected chi connectivity index (χ2v) is 4.01. The normalized spacial score (nSPS) is 10.4. The van der Waals surface area contributed by atoms with E-state index in [0.717, 1.165) is 5.39 Å². The fourth-order valence-corrected chi connectivity index (χ4v) is 2.11. The first-order valence-electron chi connectivity index (χ1n) is 4.52. The van der Waals surface area contributed by atoms with Gasteiger partial charge in [0.05, 0.1) is 17.1 Å². The van der Waals surface area contributed by atoms with E-state index < -0.39 is 0 Å². The quantitative estimate of drug-likeness (QED) is 0.858. The molecule has 2 aromatic rings. The molecular weight excluding hydrogens is 274 g/mol. The highest BCUT2D eigenvalue weighted by molar-refractivity contribution is 9.10. The first kappa shape index (κ1) is 10.9. The Morgan fingerprint density at radius 1 is 1.44 bits per heavy atom. The number of H-pyrrole nitrogens is 1. The van der Waals surface area contributed by atoms with E-state index in [-0.39, 0.29) is 11.1 Å². The number of ether oxygens (including phenoxy) is 1. The number of carbonyl (C=O) groups excluding carboxylic acids is 1. The Balaban J connectivity index is 2.87. The molecule has 0 saturated carbocycles. The summed E-state index contributed by atoms with van der Waals surface area (Å²) in [5, 5.41) is 0.737. The van der Waals surface area contributed by atoms with Crippen molar-refractivity contribution >= 4 is 33.1 Å². The minimum Gasteiger partial charge on any atom is -0.496 e. The fraction of sp³-hybridized carbons (Fsp3) is 0.0909. The Morgan fingerprint density at radius 3 is 2.81 bits per heavy atom. The van der Waals surface area contributed by atoms with Gasteiger partial charge in [0, 0.05) is 10.9 Å². The SMILES string of the molecule is COc1ccc2[nH]c(=O)c(C=O)cc2c1Br. The first-order valence-corrected chi connectivity index (χ1v) is 5.31. The van der Waals surface area contributed by atoms with Gasteiger partial charge in [0.25, 0.3) is 5.56 Å². The Morgan fingerprint density at radius 2 is 2.19 bits per heavy atom. The second-order valence-electron chi connectivity index (χ2n) is 3.21. The maximum Gasteiger partial charge on any atom is 0.259 e. The van der Waals surface area contributed by atoms with E-state index in [1.807, 2.05) is 0 Å². The maximum atomic E-state index is 11.4. The molecule has 5 heteroatoms. The third-order valence-corrected chi connectivity index (χ3v) is 3.12. The van der Waals surface area contributed by atoms with E-state index in [1.54, 1.807) is 19.2 Å². The molecule has 82 valence electrons. The molecule has 4 nitrogen and oxygen atoms in total. The topological polar surface area (TPSA) is 59.2 Å². The zero-order valence-electron chi connectivity index (χ0n) is 8.41. The average molecular weight is 282 g/mol. The fourth-order valence-electron chi connectivity index (χ4n) is 1.48. The van der Waals surface area contributed by atoms with Gasteiger partial charge in [-0.2, -0.15) is 0 Å². The number of rotatable bonds is 2. The number of nitrogens with one attached hydrogen (secondary N) is 1. The smallest absolute Gasteiger partial charge is 0.259 e. The van der Waals surface area contributed by atoms with Crippen LogP contribution in [0, 0.1) is 0 Å². The lowest BCUT2D eigenvalue weighted by atomic mass is 10.1. The number of aromatic amines is 1. The molecule has 2 rings (SSSR count). The van der Waals surface area contributed by atoms with Crippen LogP contribution in [-0.4, -0.2) is 18.4 Å². The summed E-state index contributed by atoms with van der Waals surface area (Å²) in [4.78, 5) is 24.7. The van der Waals surface area contributed by atoms with Gasteiger partial charge in [0.15, 0.2) is 6.29 Å². The largest absolute Gasteiger partial charge is 0.496 e. The first-order chi connectivity index (χ1) is 7.67. The zero-order valence-corrected chi connectivity index (χ0v) is 10.00. The molecule has 1 aromatic heterocycles. The van der Waals surface area contributed by atoms with Crippen molar-refractivity contribution in [3.05, 3.63) is 38.6 Å². The standard InChI is InChI=1S/C11H8BrNO3/c1-16-9-3-2-8-7(10(9)12)4-6(5-14)11(15)13-8/h2-5H,1H3,(H,13,15). The van der Waals surface area contributed by atoms with Crippen molar-refractivity contribution < 1.29 is 9.53 Å². The van der Waals surface area contributed by atoms with Crippen LogP contribution in [0.4, 0.5) is 0 Å². The molecule has 0 bridgehead atoms. The van der Waals surface area contributed by atoms with E-state index in [1.165, 1.54) is 6.07 Å². The van der Waals surface area contributed by atoms with Crippen LogP contribution < -0.4 is 10.3 Å². The Hall–Kier alpha value is -1.62. The van der Waals surface area contributed by atoms with Crippen LogP contribution in [0.25, 0.3) is 10.9 Å². The number of halogens is 1. The van der Waals surface area contributed by atoms with Gasteiger partial charge >= 0.3 is 0 Å². The van der Waals surface area contributed by atoms with Crippen LogP contribution in [0.2, 0.25) is 0 Å². The summed E-state index contributed by atoms with van der Waals surface area (Å²) in [6.45, 7) is 0. The number of methoxy groups -OCH3 is 1. The highest BCUT2D eigenvalue weighted by Gasteiger charge is 2.08. The van der Waals surface area contributed by atoms with Gasteiger partial charge in [-0.1, -0.05) is 0 Å². The minimum atomic E-state index is -0.389. The average Bonchev–Trinajstić information content (AvgIpc) is 2.29. The van der Waals surface area contributed by atoms with Crippen molar-refractivity contribution in [2.75, 3.05) is 7.11 Å². The highest BCUT2D eigenvalue weighted by atomic mass is 79.9.